The van der Waals surface area contributed by atoms with Gasteiger partial charge in [0, 0.05) is 18.2 Å². The lowest BCUT2D eigenvalue weighted by Crippen LogP contribution is -2.24. The number of ether oxygens (including phenoxy) is 5. The molecule has 3 aromatic rings. The molecule has 166 valence electrons. The first kappa shape index (κ1) is 20.2. The Morgan fingerprint density at radius 1 is 1.12 bits per heavy atom. The van der Waals surface area contributed by atoms with E-state index in [1.54, 1.807) is 26.4 Å². The molecule has 5 rings (SSSR count). The van der Waals surface area contributed by atoms with Crippen LogP contribution in [0.5, 0.6) is 23.0 Å². The molecular weight excluding hydrogens is 414 g/mol. The lowest BCUT2D eigenvalue weighted by atomic mass is 10.1. The fourth-order valence-electron chi connectivity index (χ4n) is 3.82. The second kappa shape index (κ2) is 8.43. The summed E-state index contributed by atoms with van der Waals surface area (Å²) < 4.78 is 29.3. The monoisotopic (exact) mass is 437 g/mol. The van der Waals surface area contributed by atoms with Crippen LogP contribution in [0.15, 0.2) is 42.5 Å². The first-order chi connectivity index (χ1) is 15.6. The van der Waals surface area contributed by atoms with Gasteiger partial charge in [0.15, 0.2) is 17.2 Å². The fourth-order valence-corrected chi connectivity index (χ4v) is 3.82. The molecule has 0 fully saturated rings. The molecule has 0 saturated carbocycles. The van der Waals surface area contributed by atoms with Crippen molar-refractivity contribution >= 4 is 5.91 Å². The van der Waals surface area contributed by atoms with Crippen molar-refractivity contribution in [3.05, 3.63) is 65.0 Å². The van der Waals surface area contributed by atoms with Gasteiger partial charge in [0.05, 0.1) is 33.1 Å². The van der Waals surface area contributed by atoms with Gasteiger partial charge in [-0.3, -0.25) is 9.48 Å². The molecule has 1 atom stereocenters. The molecule has 0 radical (unpaired) electrons. The van der Waals surface area contributed by atoms with Crippen LogP contribution in [0, 0.1) is 0 Å². The number of aromatic nitrogens is 2. The Bertz CT molecular complexity index is 1160. The Hall–Kier alpha value is -3.72. The number of nitrogens with one attached hydrogen (secondary N) is 1. The van der Waals surface area contributed by atoms with Crippen LogP contribution in [0.4, 0.5) is 0 Å². The van der Waals surface area contributed by atoms with Crippen molar-refractivity contribution in [2.75, 3.05) is 21.0 Å². The second-order valence-corrected chi connectivity index (χ2v) is 7.48. The first-order valence-electron chi connectivity index (χ1n) is 10.2. The fraction of sp³-hybridized carbons (Fsp3) is 0.304. The predicted molar refractivity (Wildman–Crippen MR) is 113 cm³/mol. The van der Waals surface area contributed by atoms with E-state index >= 15 is 0 Å². The lowest BCUT2D eigenvalue weighted by molar-refractivity contribution is -0.00128. The Morgan fingerprint density at radius 2 is 2.00 bits per heavy atom. The molecule has 1 amide bonds. The number of hydrogen-bond acceptors (Lipinski definition) is 7. The highest BCUT2D eigenvalue weighted by Gasteiger charge is 2.26. The highest BCUT2D eigenvalue weighted by molar-refractivity contribution is 5.92. The Labute approximate surface area is 184 Å². The highest BCUT2D eigenvalue weighted by atomic mass is 16.7. The van der Waals surface area contributed by atoms with Crippen molar-refractivity contribution < 1.29 is 28.5 Å². The molecule has 0 bridgehead atoms. The van der Waals surface area contributed by atoms with Crippen LogP contribution < -0.4 is 24.3 Å². The lowest BCUT2D eigenvalue weighted by Gasteiger charge is -2.24. The van der Waals surface area contributed by atoms with Crippen molar-refractivity contribution in [3.8, 4) is 23.0 Å². The smallest absolute Gasteiger partial charge is 0.272 e. The van der Waals surface area contributed by atoms with Gasteiger partial charge in [-0.05, 0) is 35.9 Å². The number of carbonyl (C=O) groups excluding carboxylic acids is 1. The van der Waals surface area contributed by atoms with E-state index in [1.807, 2.05) is 35.0 Å². The van der Waals surface area contributed by atoms with Crippen molar-refractivity contribution in [1.82, 2.24) is 15.1 Å². The van der Waals surface area contributed by atoms with Crippen LogP contribution in [0.3, 0.4) is 0 Å². The molecule has 3 heterocycles. The van der Waals surface area contributed by atoms with Crippen LogP contribution in [-0.2, 0) is 24.4 Å². The molecule has 32 heavy (non-hydrogen) atoms. The third-order valence-electron chi connectivity index (χ3n) is 5.57. The van der Waals surface area contributed by atoms with Crippen LogP contribution in [0.25, 0.3) is 0 Å². The topological polar surface area (TPSA) is 93.1 Å². The Kier molecular flexibility index (Phi) is 5.32. The number of methoxy groups -OCH3 is 2. The van der Waals surface area contributed by atoms with E-state index in [1.165, 1.54) is 0 Å². The van der Waals surface area contributed by atoms with E-state index in [9.17, 15) is 4.79 Å². The van der Waals surface area contributed by atoms with Gasteiger partial charge in [0.1, 0.15) is 17.6 Å². The summed E-state index contributed by atoms with van der Waals surface area (Å²) in [5.41, 5.74) is 3.03. The van der Waals surface area contributed by atoms with E-state index in [0.29, 0.717) is 42.6 Å². The average Bonchev–Trinajstić information content (AvgIpc) is 3.48. The molecule has 1 N–H and O–H groups in total. The van der Waals surface area contributed by atoms with Crippen molar-refractivity contribution in [2.24, 2.45) is 0 Å². The molecule has 0 unspecified atom stereocenters. The predicted octanol–water partition coefficient (Wildman–Crippen LogP) is 2.83. The summed E-state index contributed by atoms with van der Waals surface area (Å²) in [7, 11) is 3.18. The van der Waals surface area contributed by atoms with Crippen LogP contribution in [0.2, 0.25) is 0 Å². The number of nitrogens with zero attached hydrogens (tertiary/aromatic N) is 2. The first-order valence-corrected chi connectivity index (χ1v) is 10.2. The average molecular weight is 437 g/mol. The van der Waals surface area contributed by atoms with Gasteiger partial charge in [-0.25, -0.2) is 0 Å². The molecule has 2 aliphatic heterocycles. The normalized spacial score (nSPS) is 16.4. The van der Waals surface area contributed by atoms with Crippen LogP contribution in [-0.4, -0.2) is 36.7 Å². The number of rotatable bonds is 6. The summed E-state index contributed by atoms with van der Waals surface area (Å²) in [6.07, 6.45) is -0.184. The SMILES string of the molecule is COc1ccc(CNC(=O)c2cc3n(n2)C[C@H](c2ccc4c(c2)OCO4)OC3)c(OC)c1. The zero-order chi connectivity index (χ0) is 22.1. The summed E-state index contributed by atoms with van der Waals surface area (Å²) in [5, 5.41) is 7.40. The van der Waals surface area contributed by atoms with Gasteiger partial charge in [-0.2, -0.15) is 5.10 Å². The zero-order valence-electron chi connectivity index (χ0n) is 17.8. The third kappa shape index (κ3) is 3.82. The molecule has 2 aromatic carbocycles. The van der Waals surface area contributed by atoms with E-state index in [-0.39, 0.29) is 18.8 Å². The number of benzene rings is 2. The minimum atomic E-state index is -0.260. The van der Waals surface area contributed by atoms with Crippen molar-refractivity contribution in [1.29, 1.82) is 0 Å². The van der Waals surface area contributed by atoms with E-state index in [0.717, 1.165) is 22.6 Å². The maximum Gasteiger partial charge on any atom is 0.272 e. The molecule has 9 nitrogen and oxygen atoms in total. The van der Waals surface area contributed by atoms with Crippen LogP contribution >= 0.6 is 0 Å². The summed E-state index contributed by atoms with van der Waals surface area (Å²) in [5.74, 6) is 2.53. The van der Waals surface area contributed by atoms with Gasteiger partial charge >= 0.3 is 0 Å². The van der Waals surface area contributed by atoms with Gasteiger partial charge in [-0.15, -0.1) is 0 Å². The summed E-state index contributed by atoms with van der Waals surface area (Å²) in [4.78, 5) is 12.7. The minimum absolute atomic E-state index is 0.184. The summed E-state index contributed by atoms with van der Waals surface area (Å²) in [6, 6.07) is 13.0. The van der Waals surface area contributed by atoms with Crippen molar-refractivity contribution in [3.63, 3.8) is 0 Å². The maximum atomic E-state index is 12.7. The summed E-state index contributed by atoms with van der Waals surface area (Å²) >= 11 is 0. The molecule has 1 aromatic heterocycles. The largest absolute Gasteiger partial charge is 0.497 e. The third-order valence-corrected chi connectivity index (χ3v) is 5.57. The molecule has 0 saturated heterocycles. The quantitative estimate of drug-likeness (QED) is 0.634. The van der Waals surface area contributed by atoms with Crippen LogP contribution in [0.1, 0.15) is 33.4 Å². The van der Waals surface area contributed by atoms with E-state index < -0.39 is 0 Å². The summed E-state index contributed by atoms with van der Waals surface area (Å²) in [6.45, 7) is 1.42. The van der Waals surface area contributed by atoms with Gasteiger partial charge in [0.2, 0.25) is 6.79 Å². The molecule has 0 aliphatic carbocycles. The molecule has 9 heteroatoms. The highest BCUT2D eigenvalue weighted by Crippen LogP contribution is 2.36. The van der Waals surface area contributed by atoms with Gasteiger partial charge < -0.3 is 29.0 Å². The van der Waals surface area contributed by atoms with E-state index in [2.05, 4.69) is 10.4 Å². The molecule has 0 spiro atoms. The molecule has 2 aliphatic rings. The Balaban J connectivity index is 1.26. The number of hydrogen-bond donors (Lipinski definition) is 1. The Morgan fingerprint density at radius 3 is 2.84 bits per heavy atom. The number of fused-ring (bicyclic) bond motifs is 2. The van der Waals surface area contributed by atoms with Gasteiger partial charge in [0.25, 0.3) is 5.91 Å². The number of amides is 1. The zero-order valence-corrected chi connectivity index (χ0v) is 17.8. The van der Waals surface area contributed by atoms with E-state index in [4.69, 9.17) is 23.7 Å². The second-order valence-electron chi connectivity index (χ2n) is 7.48. The van der Waals surface area contributed by atoms with Crippen molar-refractivity contribution in [2.45, 2.75) is 25.8 Å². The standard InChI is InChI=1S/C23H23N3O6/c1-28-17-5-3-15(20(9-17)29-2)10-24-23(27)18-8-16-12-30-22(11-26(16)25-18)14-4-6-19-21(7-14)32-13-31-19/h3-9,22H,10-13H2,1-2H3,(H,24,27)/t22-/m1/s1. The number of carbonyl (C=O) groups is 1. The maximum absolute atomic E-state index is 12.7. The molecular formula is C23H23N3O6. The minimum Gasteiger partial charge on any atom is -0.497 e. The van der Waals surface area contributed by atoms with Gasteiger partial charge in [-0.1, -0.05) is 6.07 Å².